The molecule has 0 unspecified atom stereocenters. The van der Waals surface area contributed by atoms with E-state index < -0.39 is 6.10 Å². The van der Waals surface area contributed by atoms with E-state index in [4.69, 9.17) is 11.6 Å². The van der Waals surface area contributed by atoms with E-state index in [9.17, 15) is 10.2 Å². The molecule has 2 aromatic rings. The molecule has 0 saturated heterocycles. The molecule has 21 heavy (non-hydrogen) atoms. The Morgan fingerprint density at radius 3 is 2.62 bits per heavy atom. The van der Waals surface area contributed by atoms with Gasteiger partial charge in [0.15, 0.2) is 0 Å². The van der Waals surface area contributed by atoms with Gasteiger partial charge in [-0.3, -0.25) is 0 Å². The van der Waals surface area contributed by atoms with Crippen molar-refractivity contribution >= 4 is 17.3 Å². The Labute approximate surface area is 129 Å². The fourth-order valence-electron chi connectivity index (χ4n) is 3.04. The molecule has 0 fully saturated rings. The molecule has 0 aromatic heterocycles. The fraction of sp³-hybridized carbons (Fsp3) is 0.294. The van der Waals surface area contributed by atoms with Crippen molar-refractivity contribution < 1.29 is 10.2 Å². The summed E-state index contributed by atoms with van der Waals surface area (Å²) in [7, 11) is 0. The van der Waals surface area contributed by atoms with Gasteiger partial charge in [-0.05, 0) is 35.7 Å². The zero-order valence-corrected chi connectivity index (χ0v) is 12.4. The quantitative estimate of drug-likeness (QED) is 0.913. The number of rotatable bonds is 4. The monoisotopic (exact) mass is 303 g/mol. The lowest BCUT2D eigenvalue weighted by Gasteiger charge is -2.33. The largest absolute Gasteiger partial charge is 0.394 e. The molecule has 2 atom stereocenters. The molecule has 1 heterocycles. The first-order valence-electron chi connectivity index (χ1n) is 7.09. The minimum absolute atomic E-state index is 0.251. The van der Waals surface area contributed by atoms with E-state index in [0.29, 0.717) is 0 Å². The van der Waals surface area contributed by atoms with Crippen LogP contribution in [0.4, 0.5) is 5.69 Å². The molecule has 4 heteroatoms. The molecule has 2 N–H and O–H groups in total. The fourth-order valence-corrected chi connectivity index (χ4v) is 3.24. The van der Waals surface area contributed by atoms with Crippen molar-refractivity contribution in [2.75, 3.05) is 18.1 Å². The molecule has 0 bridgehead atoms. The average Bonchev–Trinajstić information content (AvgIpc) is 2.91. The third-order valence-electron chi connectivity index (χ3n) is 4.00. The van der Waals surface area contributed by atoms with Crippen molar-refractivity contribution in [2.24, 2.45) is 0 Å². The van der Waals surface area contributed by atoms with Gasteiger partial charge < -0.3 is 15.1 Å². The molecule has 1 aliphatic heterocycles. The first-order valence-corrected chi connectivity index (χ1v) is 7.47. The summed E-state index contributed by atoms with van der Waals surface area (Å²) < 4.78 is 0. The molecule has 3 rings (SSSR count). The Kier molecular flexibility index (Phi) is 4.15. The van der Waals surface area contributed by atoms with Crippen molar-refractivity contribution in [2.45, 2.75) is 18.6 Å². The summed E-state index contributed by atoms with van der Waals surface area (Å²) in [6, 6.07) is 15.4. The van der Waals surface area contributed by atoms with Crippen LogP contribution in [0.15, 0.2) is 48.5 Å². The highest BCUT2D eigenvalue weighted by Crippen LogP contribution is 2.37. The summed E-state index contributed by atoms with van der Waals surface area (Å²) in [5.74, 6) is 0. The van der Waals surface area contributed by atoms with Gasteiger partial charge in [0, 0.05) is 17.3 Å². The van der Waals surface area contributed by atoms with Gasteiger partial charge in [-0.25, -0.2) is 0 Å². The number of hydrogen-bond donors (Lipinski definition) is 2. The summed E-state index contributed by atoms with van der Waals surface area (Å²) in [4.78, 5) is 2.15. The summed E-state index contributed by atoms with van der Waals surface area (Å²) in [5.41, 5.74) is 3.27. The standard InChI is InChI=1S/C17H18ClNO2/c18-14-6-7-15-13(10-14)8-9-19(15)17(16(21)11-20)12-4-2-1-3-5-12/h1-7,10,16-17,20-21H,8-9,11H2/t16-,17+/m0/s1. The normalized spacial score (nSPS) is 16.6. The van der Waals surface area contributed by atoms with Crippen molar-refractivity contribution in [3.05, 3.63) is 64.7 Å². The van der Waals surface area contributed by atoms with Crippen molar-refractivity contribution in [3.8, 4) is 0 Å². The number of aliphatic hydroxyl groups excluding tert-OH is 2. The van der Waals surface area contributed by atoms with E-state index in [1.54, 1.807) is 0 Å². The van der Waals surface area contributed by atoms with E-state index in [-0.39, 0.29) is 12.6 Å². The van der Waals surface area contributed by atoms with Gasteiger partial charge in [0.1, 0.15) is 6.10 Å². The molecule has 0 saturated carbocycles. The van der Waals surface area contributed by atoms with Gasteiger partial charge >= 0.3 is 0 Å². The van der Waals surface area contributed by atoms with Gasteiger partial charge in [-0.2, -0.15) is 0 Å². The van der Waals surface area contributed by atoms with Crippen molar-refractivity contribution in [1.29, 1.82) is 0 Å². The highest BCUT2D eigenvalue weighted by molar-refractivity contribution is 6.30. The maximum absolute atomic E-state index is 10.3. The van der Waals surface area contributed by atoms with Crippen LogP contribution in [0.1, 0.15) is 17.2 Å². The van der Waals surface area contributed by atoms with Crippen LogP contribution in [-0.2, 0) is 6.42 Å². The van der Waals surface area contributed by atoms with E-state index in [2.05, 4.69) is 4.90 Å². The Morgan fingerprint density at radius 1 is 1.14 bits per heavy atom. The van der Waals surface area contributed by atoms with Gasteiger partial charge in [-0.1, -0.05) is 41.9 Å². The van der Waals surface area contributed by atoms with Crippen LogP contribution in [0.5, 0.6) is 0 Å². The number of anilines is 1. The average molecular weight is 304 g/mol. The van der Waals surface area contributed by atoms with Gasteiger partial charge in [0.05, 0.1) is 12.6 Å². The molecular weight excluding hydrogens is 286 g/mol. The van der Waals surface area contributed by atoms with Crippen LogP contribution >= 0.6 is 11.6 Å². The van der Waals surface area contributed by atoms with Crippen LogP contribution in [0.3, 0.4) is 0 Å². The first kappa shape index (κ1) is 14.4. The lowest BCUT2D eigenvalue weighted by Crippen LogP contribution is -2.37. The minimum Gasteiger partial charge on any atom is -0.394 e. The third-order valence-corrected chi connectivity index (χ3v) is 4.24. The molecule has 1 aliphatic rings. The highest BCUT2D eigenvalue weighted by atomic mass is 35.5. The number of halogens is 1. The van der Waals surface area contributed by atoms with Gasteiger partial charge in [0.2, 0.25) is 0 Å². The van der Waals surface area contributed by atoms with Crippen LogP contribution in [0, 0.1) is 0 Å². The van der Waals surface area contributed by atoms with Crippen LogP contribution in [-0.4, -0.2) is 29.5 Å². The Balaban J connectivity index is 2.00. The van der Waals surface area contributed by atoms with E-state index >= 15 is 0 Å². The van der Waals surface area contributed by atoms with Crippen molar-refractivity contribution in [1.82, 2.24) is 0 Å². The number of nitrogens with zero attached hydrogens (tertiary/aromatic N) is 1. The minimum atomic E-state index is -0.825. The third kappa shape index (κ3) is 2.77. The molecule has 110 valence electrons. The van der Waals surface area contributed by atoms with E-state index in [1.807, 2.05) is 48.5 Å². The van der Waals surface area contributed by atoms with E-state index in [0.717, 1.165) is 29.2 Å². The highest BCUT2D eigenvalue weighted by Gasteiger charge is 2.31. The summed E-state index contributed by atoms with van der Waals surface area (Å²) in [6.45, 7) is 0.547. The van der Waals surface area contributed by atoms with Gasteiger partial charge in [-0.15, -0.1) is 0 Å². The first-order chi connectivity index (χ1) is 10.2. The summed E-state index contributed by atoms with van der Waals surface area (Å²) in [5, 5.41) is 20.4. The summed E-state index contributed by atoms with van der Waals surface area (Å²) >= 11 is 6.05. The maximum Gasteiger partial charge on any atom is 0.101 e. The number of fused-ring (bicyclic) bond motifs is 1. The lowest BCUT2D eigenvalue weighted by atomic mass is 10.00. The predicted molar refractivity (Wildman–Crippen MR) is 84.8 cm³/mol. The van der Waals surface area contributed by atoms with Crippen molar-refractivity contribution in [3.63, 3.8) is 0 Å². The molecule has 0 aliphatic carbocycles. The topological polar surface area (TPSA) is 43.7 Å². The number of benzene rings is 2. The molecule has 0 spiro atoms. The second kappa shape index (κ2) is 6.06. The Morgan fingerprint density at radius 2 is 1.90 bits per heavy atom. The number of hydrogen-bond acceptors (Lipinski definition) is 3. The Hall–Kier alpha value is -1.55. The van der Waals surface area contributed by atoms with Crippen LogP contribution < -0.4 is 4.90 Å². The predicted octanol–water partition coefficient (Wildman–Crippen LogP) is 2.80. The SMILES string of the molecule is OC[C@H](O)[C@@H](c1ccccc1)N1CCc2cc(Cl)ccc21. The zero-order chi connectivity index (χ0) is 14.8. The summed E-state index contributed by atoms with van der Waals surface area (Å²) in [6.07, 6.45) is 0.0752. The van der Waals surface area contributed by atoms with Crippen LogP contribution in [0.2, 0.25) is 5.02 Å². The molecule has 0 amide bonds. The second-order valence-electron chi connectivity index (χ2n) is 5.32. The lowest BCUT2D eigenvalue weighted by molar-refractivity contribution is 0.0717. The van der Waals surface area contributed by atoms with Gasteiger partial charge in [0.25, 0.3) is 0 Å². The zero-order valence-electron chi connectivity index (χ0n) is 11.6. The van der Waals surface area contributed by atoms with E-state index in [1.165, 1.54) is 5.56 Å². The molecule has 3 nitrogen and oxygen atoms in total. The van der Waals surface area contributed by atoms with Crippen LogP contribution in [0.25, 0.3) is 0 Å². The molecule has 0 radical (unpaired) electrons. The Bertz CT molecular complexity index is 617. The smallest absolute Gasteiger partial charge is 0.101 e. The maximum atomic E-state index is 10.3. The second-order valence-corrected chi connectivity index (χ2v) is 5.76. The molecular formula is C17H18ClNO2. The number of aliphatic hydroxyl groups is 2. The molecule has 2 aromatic carbocycles.